The third-order valence-corrected chi connectivity index (χ3v) is 8.10. The monoisotopic (exact) mass is 501 g/mol. The van der Waals surface area contributed by atoms with Crippen LogP contribution in [0.3, 0.4) is 0 Å². The zero-order chi connectivity index (χ0) is 24.6. The van der Waals surface area contributed by atoms with E-state index in [1.54, 1.807) is 30.3 Å². The van der Waals surface area contributed by atoms with Gasteiger partial charge in [0.1, 0.15) is 5.82 Å². The van der Waals surface area contributed by atoms with Crippen LogP contribution < -0.4 is 9.64 Å². The number of aromatic nitrogens is 2. The second-order valence-electron chi connectivity index (χ2n) is 8.62. The standard InChI is InChI=1S/C24H25F2N5O3S/c1-29-11-13-30(14-12-29)24-27-21-9-10-31(35(32,33)18-5-3-2-4-6-18)16-19(21)23(28-24)34-22-8-7-17(25)15-20(22)26/h2-8,15H,9-14,16H2,1H3. The number of hydrogen-bond acceptors (Lipinski definition) is 7. The van der Waals surface area contributed by atoms with Crippen molar-refractivity contribution < 1.29 is 21.9 Å². The van der Waals surface area contributed by atoms with Gasteiger partial charge in [0, 0.05) is 51.8 Å². The van der Waals surface area contributed by atoms with E-state index >= 15 is 0 Å². The van der Waals surface area contributed by atoms with Gasteiger partial charge in [0.2, 0.25) is 21.9 Å². The van der Waals surface area contributed by atoms with Gasteiger partial charge in [-0.2, -0.15) is 9.29 Å². The van der Waals surface area contributed by atoms with Gasteiger partial charge < -0.3 is 14.5 Å². The number of benzene rings is 2. The lowest BCUT2D eigenvalue weighted by Crippen LogP contribution is -2.45. The zero-order valence-electron chi connectivity index (χ0n) is 19.2. The molecule has 0 unspecified atom stereocenters. The van der Waals surface area contributed by atoms with Crippen molar-refractivity contribution >= 4 is 16.0 Å². The number of anilines is 1. The van der Waals surface area contributed by atoms with Crippen molar-refractivity contribution in [1.82, 2.24) is 19.2 Å². The Morgan fingerprint density at radius 1 is 0.943 bits per heavy atom. The Hall–Kier alpha value is -3.15. The molecular formula is C24H25F2N5O3S. The number of fused-ring (bicyclic) bond motifs is 1. The first kappa shape index (κ1) is 23.6. The maximum atomic E-state index is 14.4. The van der Waals surface area contributed by atoms with E-state index in [2.05, 4.69) is 9.88 Å². The van der Waals surface area contributed by atoms with Gasteiger partial charge >= 0.3 is 0 Å². The summed E-state index contributed by atoms with van der Waals surface area (Å²) in [5, 5.41) is 0. The summed E-state index contributed by atoms with van der Waals surface area (Å²) >= 11 is 0. The van der Waals surface area contributed by atoms with E-state index in [0.29, 0.717) is 36.7 Å². The first-order valence-electron chi connectivity index (χ1n) is 11.3. The van der Waals surface area contributed by atoms with Crippen LogP contribution in [-0.2, 0) is 23.0 Å². The number of piperazine rings is 1. The Labute approximate surface area is 202 Å². The maximum Gasteiger partial charge on any atom is 0.243 e. The van der Waals surface area contributed by atoms with Crippen LogP contribution in [0.2, 0.25) is 0 Å². The highest BCUT2D eigenvalue weighted by Gasteiger charge is 2.33. The maximum absolute atomic E-state index is 14.4. The molecule has 1 saturated heterocycles. The van der Waals surface area contributed by atoms with E-state index in [4.69, 9.17) is 9.72 Å². The fourth-order valence-electron chi connectivity index (χ4n) is 4.19. The summed E-state index contributed by atoms with van der Waals surface area (Å²) in [6, 6.07) is 11.2. The summed E-state index contributed by atoms with van der Waals surface area (Å²) in [6.45, 7) is 3.34. The van der Waals surface area contributed by atoms with Crippen molar-refractivity contribution in [2.75, 3.05) is 44.7 Å². The molecule has 3 aromatic rings. The Morgan fingerprint density at radius 2 is 1.69 bits per heavy atom. The van der Waals surface area contributed by atoms with Gasteiger partial charge in [0.05, 0.1) is 16.2 Å². The van der Waals surface area contributed by atoms with Crippen molar-refractivity contribution in [1.29, 1.82) is 0 Å². The highest BCUT2D eigenvalue weighted by molar-refractivity contribution is 7.89. The van der Waals surface area contributed by atoms with Gasteiger partial charge in [0.25, 0.3) is 0 Å². The highest BCUT2D eigenvalue weighted by Crippen LogP contribution is 2.34. The summed E-state index contributed by atoms with van der Waals surface area (Å²) in [6.07, 6.45) is 0.354. The average Bonchev–Trinajstić information content (AvgIpc) is 2.86. The molecular weight excluding hydrogens is 476 g/mol. The van der Waals surface area contributed by atoms with E-state index in [1.807, 2.05) is 11.9 Å². The van der Waals surface area contributed by atoms with Gasteiger partial charge in [-0.1, -0.05) is 18.2 Å². The number of ether oxygens (including phenoxy) is 1. The second kappa shape index (κ2) is 9.48. The number of sulfonamides is 1. The van der Waals surface area contributed by atoms with Crippen molar-refractivity contribution in [3.63, 3.8) is 0 Å². The Morgan fingerprint density at radius 3 is 2.40 bits per heavy atom. The fraction of sp³-hybridized carbons (Fsp3) is 0.333. The molecule has 11 heteroatoms. The van der Waals surface area contributed by atoms with E-state index < -0.39 is 21.7 Å². The van der Waals surface area contributed by atoms with Crippen LogP contribution >= 0.6 is 0 Å². The Bertz CT molecular complexity index is 1330. The molecule has 35 heavy (non-hydrogen) atoms. The van der Waals surface area contributed by atoms with Gasteiger partial charge in [-0.3, -0.25) is 0 Å². The molecule has 2 aliphatic heterocycles. The van der Waals surface area contributed by atoms with Crippen LogP contribution in [0, 0.1) is 11.6 Å². The van der Waals surface area contributed by atoms with Crippen molar-refractivity contribution in [2.45, 2.75) is 17.9 Å². The lowest BCUT2D eigenvalue weighted by Gasteiger charge is -2.34. The molecule has 0 atom stereocenters. The summed E-state index contributed by atoms with van der Waals surface area (Å²) < 4.78 is 61.5. The minimum Gasteiger partial charge on any atom is -0.435 e. The van der Waals surface area contributed by atoms with Gasteiger partial charge in [0.15, 0.2) is 11.6 Å². The van der Waals surface area contributed by atoms with E-state index in [1.165, 1.54) is 10.4 Å². The number of likely N-dealkylation sites (N-methyl/N-ethyl adjacent to an activating group) is 1. The molecule has 0 spiro atoms. The van der Waals surface area contributed by atoms with Gasteiger partial charge in [-0.25, -0.2) is 22.2 Å². The van der Waals surface area contributed by atoms with Crippen LogP contribution in [0.5, 0.6) is 11.6 Å². The number of hydrogen-bond donors (Lipinski definition) is 0. The average molecular weight is 502 g/mol. The molecule has 8 nitrogen and oxygen atoms in total. The SMILES string of the molecule is CN1CCN(c2nc3c(c(Oc4ccc(F)cc4F)n2)CN(S(=O)(=O)c2ccccc2)CC3)CC1. The lowest BCUT2D eigenvalue weighted by atomic mass is 10.1. The van der Waals surface area contributed by atoms with E-state index in [0.717, 1.165) is 25.2 Å². The minimum atomic E-state index is -3.76. The zero-order valence-corrected chi connectivity index (χ0v) is 20.0. The molecule has 1 fully saturated rings. The van der Waals surface area contributed by atoms with Crippen LogP contribution in [0.1, 0.15) is 11.3 Å². The Balaban J connectivity index is 1.53. The molecule has 2 aliphatic rings. The third-order valence-electron chi connectivity index (χ3n) is 6.24. The van der Waals surface area contributed by atoms with Gasteiger partial charge in [-0.15, -0.1) is 0 Å². The Kier molecular flexibility index (Phi) is 6.39. The number of rotatable bonds is 5. The number of nitrogens with zero attached hydrogens (tertiary/aromatic N) is 5. The molecule has 2 aromatic carbocycles. The topological polar surface area (TPSA) is 78.9 Å². The largest absolute Gasteiger partial charge is 0.435 e. The van der Waals surface area contributed by atoms with Crippen molar-refractivity contribution in [3.05, 3.63) is 71.4 Å². The molecule has 184 valence electrons. The fourth-order valence-corrected chi connectivity index (χ4v) is 5.62. The summed E-state index contributed by atoms with van der Waals surface area (Å²) in [5.41, 5.74) is 1.13. The number of halogens is 2. The highest BCUT2D eigenvalue weighted by atomic mass is 32.2. The van der Waals surface area contributed by atoms with Crippen LogP contribution in [0.25, 0.3) is 0 Å². The molecule has 5 rings (SSSR count). The van der Waals surface area contributed by atoms with Crippen LogP contribution in [-0.4, -0.2) is 67.4 Å². The predicted molar refractivity (Wildman–Crippen MR) is 126 cm³/mol. The molecule has 0 radical (unpaired) electrons. The molecule has 1 aromatic heterocycles. The molecule has 0 saturated carbocycles. The second-order valence-corrected chi connectivity index (χ2v) is 10.6. The van der Waals surface area contributed by atoms with E-state index in [9.17, 15) is 17.2 Å². The first-order chi connectivity index (χ1) is 16.8. The molecule has 0 N–H and O–H groups in total. The summed E-state index contributed by atoms with van der Waals surface area (Å²) in [4.78, 5) is 13.7. The predicted octanol–water partition coefficient (Wildman–Crippen LogP) is 3.05. The van der Waals surface area contributed by atoms with Gasteiger partial charge in [-0.05, 0) is 31.3 Å². The smallest absolute Gasteiger partial charge is 0.243 e. The summed E-state index contributed by atoms with van der Waals surface area (Å²) in [7, 11) is -1.72. The molecule has 0 amide bonds. The first-order valence-corrected chi connectivity index (χ1v) is 12.8. The molecule has 3 heterocycles. The van der Waals surface area contributed by atoms with Crippen LogP contribution in [0.4, 0.5) is 14.7 Å². The van der Waals surface area contributed by atoms with Crippen molar-refractivity contribution in [3.8, 4) is 11.6 Å². The third kappa shape index (κ3) is 4.84. The summed E-state index contributed by atoms with van der Waals surface area (Å²) in [5.74, 6) is -1.27. The van der Waals surface area contributed by atoms with E-state index in [-0.39, 0.29) is 29.6 Å². The molecule has 0 bridgehead atoms. The minimum absolute atomic E-state index is 0.0201. The molecule has 0 aliphatic carbocycles. The van der Waals surface area contributed by atoms with Crippen LogP contribution in [0.15, 0.2) is 53.4 Å². The normalized spacial score (nSPS) is 17.3. The van der Waals surface area contributed by atoms with Crippen molar-refractivity contribution in [2.24, 2.45) is 0 Å². The quantitative estimate of drug-likeness (QED) is 0.532. The lowest BCUT2D eigenvalue weighted by molar-refractivity contribution is 0.309.